The van der Waals surface area contributed by atoms with Crippen molar-refractivity contribution in [2.24, 2.45) is 5.92 Å². The lowest BCUT2D eigenvalue weighted by molar-refractivity contribution is 0.0481. The summed E-state index contributed by atoms with van der Waals surface area (Å²) in [5, 5.41) is 3.20. The van der Waals surface area contributed by atoms with Crippen LogP contribution in [0.25, 0.3) is 0 Å². The Morgan fingerprint density at radius 1 is 1.29 bits per heavy atom. The van der Waals surface area contributed by atoms with Crippen molar-refractivity contribution in [2.45, 2.75) is 26.9 Å². The maximum atomic E-state index is 11.6. The number of piperazine rings is 1. The molecule has 0 aromatic rings. The van der Waals surface area contributed by atoms with Gasteiger partial charge in [0.2, 0.25) is 0 Å². The zero-order chi connectivity index (χ0) is 10.6. The van der Waals surface area contributed by atoms with E-state index in [0.29, 0.717) is 5.92 Å². The van der Waals surface area contributed by atoms with Crippen LogP contribution in [0.15, 0.2) is 0 Å². The lowest BCUT2D eigenvalue weighted by Gasteiger charge is -2.28. The average Bonchev–Trinajstić information content (AvgIpc) is 2.19. The molecule has 1 amide bonds. The molecule has 0 aliphatic carbocycles. The summed E-state index contributed by atoms with van der Waals surface area (Å²) in [6.07, 6.45) is -0.176. The minimum Gasteiger partial charge on any atom is -0.446 e. The molecule has 1 saturated heterocycles. The van der Waals surface area contributed by atoms with Crippen LogP contribution < -0.4 is 5.32 Å². The number of hydrogen-bond acceptors (Lipinski definition) is 3. The third-order valence-corrected chi connectivity index (χ3v) is 2.60. The second-order valence-corrected chi connectivity index (χ2v) is 4.07. The van der Waals surface area contributed by atoms with Crippen LogP contribution in [-0.4, -0.2) is 43.3 Å². The van der Waals surface area contributed by atoms with Crippen LogP contribution in [0.3, 0.4) is 0 Å². The molecule has 0 radical (unpaired) electrons. The predicted octanol–water partition coefficient (Wildman–Crippen LogP) is 1.07. The Bertz CT molecular complexity index is 189. The number of nitrogens with one attached hydrogen (secondary N) is 1. The van der Waals surface area contributed by atoms with E-state index in [2.05, 4.69) is 19.2 Å². The van der Waals surface area contributed by atoms with E-state index < -0.39 is 0 Å². The highest BCUT2D eigenvalue weighted by Gasteiger charge is 2.20. The van der Waals surface area contributed by atoms with Gasteiger partial charge in [0.05, 0.1) is 0 Å². The van der Waals surface area contributed by atoms with Gasteiger partial charge in [-0.25, -0.2) is 4.79 Å². The van der Waals surface area contributed by atoms with Gasteiger partial charge in [-0.2, -0.15) is 0 Å². The fourth-order valence-electron chi connectivity index (χ4n) is 1.22. The normalized spacial score (nSPS) is 19.6. The number of ether oxygens (including phenoxy) is 1. The van der Waals surface area contributed by atoms with E-state index in [1.54, 1.807) is 4.90 Å². The van der Waals surface area contributed by atoms with E-state index in [0.717, 1.165) is 26.2 Å². The molecule has 82 valence electrons. The van der Waals surface area contributed by atoms with Crippen molar-refractivity contribution in [1.29, 1.82) is 0 Å². The Labute approximate surface area is 85.6 Å². The first-order chi connectivity index (χ1) is 6.61. The van der Waals surface area contributed by atoms with Gasteiger partial charge in [0.1, 0.15) is 6.10 Å². The predicted molar refractivity (Wildman–Crippen MR) is 55.2 cm³/mol. The Morgan fingerprint density at radius 3 is 2.36 bits per heavy atom. The highest BCUT2D eigenvalue weighted by atomic mass is 16.6. The number of carbonyl (C=O) groups is 1. The van der Waals surface area contributed by atoms with Crippen molar-refractivity contribution < 1.29 is 9.53 Å². The third kappa shape index (κ3) is 3.18. The van der Waals surface area contributed by atoms with Gasteiger partial charge < -0.3 is 15.0 Å². The molecule has 1 N–H and O–H groups in total. The van der Waals surface area contributed by atoms with E-state index in [1.807, 2.05) is 6.92 Å². The average molecular weight is 200 g/mol. The maximum Gasteiger partial charge on any atom is 0.410 e. The van der Waals surface area contributed by atoms with Crippen LogP contribution in [0, 0.1) is 5.92 Å². The third-order valence-electron chi connectivity index (χ3n) is 2.60. The van der Waals surface area contributed by atoms with Gasteiger partial charge in [-0.15, -0.1) is 0 Å². The standard InChI is InChI=1S/C10H20N2O2/c1-8(2)9(3)14-10(13)12-6-4-11-5-7-12/h8-9,11H,4-7H2,1-3H3. The highest BCUT2D eigenvalue weighted by molar-refractivity contribution is 5.67. The highest BCUT2D eigenvalue weighted by Crippen LogP contribution is 2.08. The molecule has 4 heteroatoms. The molecule has 0 aromatic heterocycles. The molecule has 4 nitrogen and oxygen atoms in total. The summed E-state index contributed by atoms with van der Waals surface area (Å²) in [6.45, 7) is 9.28. The van der Waals surface area contributed by atoms with Gasteiger partial charge in [-0.05, 0) is 12.8 Å². The summed E-state index contributed by atoms with van der Waals surface area (Å²) in [7, 11) is 0. The lowest BCUT2D eigenvalue weighted by atomic mass is 10.1. The van der Waals surface area contributed by atoms with Gasteiger partial charge in [-0.1, -0.05) is 13.8 Å². The summed E-state index contributed by atoms with van der Waals surface area (Å²) < 4.78 is 5.31. The summed E-state index contributed by atoms with van der Waals surface area (Å²) in [5.74, 6) is 0.377. The largest absolute Gasteiger partial charge is 0.446 e. The van der Waals surface area contributed by atoms with Crippen LogP contribution in [0.4, 0.5) is 4.79 Å². The molecule has 1 atom stereocenters. The molecular formula is C10H20N2O2. The van der Waals surface area contributed by atoms with Crippen LogP contribution in [0.5, 0.6) is 0 Å². The molecule has 0 spiro atoms. The molecule has 1 rings (SSSR count). The molecule has 0 aromatic carbocycles. The zero-order valence-corrected chi connectivity index (χ0v) is 9.25. The minimum atomic E-state index is -0.173. The van der Waals surface area contributed by atoms with Crippen molar-refractivity contribution in [1.82, 2.24) is 10.2 Å². The van der Waals surface area contributed by atoms with Crippen LogP contribution >= 0.6 is 0 Å². The molecule has 1 unspecified atom stereocenters. The monoisotopic (exact) mass is 200 g/mol. The van der Waals surface area contributed by atoms with E-state index in [4.69, 9.17) is 4.74 Å². The Balaban J connectivity index is 2.33. The first kappa shape index (κ1) is 11.3. The van der Waals surface area contributed by atoms with Crippen LogP contribution in [0.1, 0.15) is 20.8 Å². The van der Waals surface area contributed by atoms with Crippen molar-refractivity contribution >= 4 is 6.09 Å². The maximum absolute atomic E-state index is 11.6. The Hall–Kier alpha value is -0.770. The van der Waals surface area contributed by atoms with E-state index in [-0.39, 0.29) is 12.2 Å². The first-order valence-corrected chi connectivity index (χ1v) is 5.27. The molecule has 0 saturated carbocycles. The Morgan fingerprint density at radius 2 is 1.86 bits per heavy atom. The minimum absolute atomic E-state index is 0.00242. The number of amides is 1. The van der Waals surface area contributed by atoms with Crippen LogP contribution in [-0.2, 0) is 4.74 Å². The van der Waals surface area contributed by atoms with Crippen molar-refractivity contribution in [3.05, 3.63) is 0 Å². The molecule has 1 fully saturated rings. The van der Waals surface area contributed by atoms with Gasteiger partial charge in [-0.3, -0.25) is 0 Å². The van der Waals surface area contributed by atoms with E-state index >= 15 is 0 Å². The molecule has 0 bridgehead atoms. The summed E-state index contributed by atoms with van der Waals surface area (Å²) in [5.41, 5.74) is 0. The SMILES string of the molecule is CC(C)C(C)OC(=O)N1CCNCC1. The second kappa shape index (κ2) is 5.20. The Kier molecular flexibility index (Phi) is 4.20. The van der Waals surface area contributed by atoms with E-state index in [9.17, 15) is 4.79 Å². The topological polar surface area (TPSA) is 41.6 Å². The van der Waals surface area contributed by atoms with Gasteiger partial charge in [0.15, 0.2) is 0 Å². The molecule has 14 heavy (non-hydrogen) atoms. The molecule has 1 aliphatic rings. The summed E-state index contributed by atoms with van der Waals surface area (Å²) in [6, 6.07) is 0. The molecular weight excluding hydrogens is 180 g/mol. The number of hydrogen-bond donors (Lipinski definition) is 1. The molecule has 1 aliphatic heterocycles. The summed E-state index contributed by atoms with van der Waals surface area (Å²) >= 11 is 0. The zero-order valence-electron chi connectivity index (χ0n) is 9.25. The second-order valence-electron chi connectivity index (χ2n) is 4.07. The van der Waals surface area contributed by atoms with Gasteiger partial charge in [0.25, 0.3) is 0 Å². The fraction of sp³-hybridized carbons (Fsp3) is 0.900. The quantitative estimate of drug-likeness (QED) is 0.725. The van der Waals surface area contributed by atoms with Crippen molar-refractivity contribution in [3.8, 4) is 0 Å². The first-order valence-electron chi connectivity index (χ1n) is 5.27. The van der Waals surface area contributed by atoms with Gasteiger partial charge in [0, 0.05) is 26.2 Å². The number of carbonyl (C=O) groups excluding carboxylic acids is 1. The van der Waals surface area contributed by atoms with Crippen molar-refractivity contribution in [3.63, 3.8) is 0 Å². The lowest BCUT2D eigenvalue weighted by Crippen LogP contribution is -2.47. The van der Waals surface area contributed by atoms with Crippen molar-refractivity contribution in [2.75, 3.05) is 26.2 Å². The molecule has 1 heterocycles. The summed E-state index contributed by atoms with van der Waals surface area (Å²) in [4.78, 5) is 13.3. The van der Waals surface area contributed by atoms with E-state index in [1.165, 1.54) is 0 Å². The van der Waals surface area contributed by atoms with Crippen LogP contribution in [0.2, 0.25) is 0 Å². The smallest absolute Gasteiger partial charge is 0.410 e. The van der Waals surface area contributed by atoms with Gasteiger partial charge >= 0.3 is 6.09 Å². The number of rotatable bonds is 2. The number of nitrogens with zero attached hydrogens (tertiary/aromatic N) is 1. The fourth-order valence-corrected chi connectivity index (χ4v) is 1.22.